The molecule has 0 aliphatic carbocycles. The fourth-order valence-electron chi connectivity index (χ4n) is 2.53. The van der Waals surface area contributed by atoms with E-state index in [4.69, 9.17) is 0 Å². The third kappa shape index (κ3) is 4.52. The molecule has 1 heterocycles. The number of hydrogen-bond acceptors (Lipinski definition) is 4. The van der Waals surface area contributed by atoms with E-state index in [1.165, 1.54) is 23.7 Å². The molecule has 0 saturated carbocycles. The second-order valence-corrected chi connectivity index (χ2v) is 7.98. The molecule has 1 aromatic heterocycles. The molecule has 0 spiro atoms. The van der Waals surface area contributed by atoms with Crippen molar-refractivity contribution in [3.63, 3.8) is 0 Å². The lowest BCUT2D eigenvalue weighted by atomic mass is 9.87. The van der Waals surface area contributed by atoms with Crippen LogP contribution in [0.1, 0.15) is 42.3 Å². The van der Waals surface area contributed by atoms with Gasteiger partial charge in [0.1, 0.15) is 6.33 Å². The predicted molar refractivity (Wildman–Crippen MR) is 105 cm³/mol. The minimum Gasteiger partial charge on any atom is -0.322 e. The van der Waals surface area contributed by atoms with E-state index < -0.39 is 0 Å². The third-order valence-electron chi connectivity index (χ3n) is 4.03. The first-order chi connectivity index (χ1) is 12.4. The van der Waals surface area contributed by atoms with Gasteiger partial charge in [-0.3, -0.25) is 9.89 Å². The van der Waals surface area contributed by atoms with Crippen LogP contribution >= 0.6 is 11.8 Å². The maximum absolute atomic E-state index is 12.7. The molecule has 3 rings (SSSR count). The Hall–Kier alpha value is -2.60. The molecule has 0 saturated heterocycles. The fourth-order valence-corrected chi connectivity index (χ4v) is 3.31. The van der Waals surface area contributed by atoms with Crippen molar-refractivity contribution in [1.82, 2.24) is 15.2 Å². The lowest BCUT2D eigenvalue weighted by Crippen LogP contribution is -2.15. The van der Waals surface area contributed by atoms with Crippen molar-refractivity contribution >= 4 is 23.4 Å². The minimum atomic E-state index is -0.109. The number of amides is 1. The second-order valence-electron chi connectivity index (χ2n) is 7.02. The number of rotatable bonds is 5. The van der Waals surface area contributed by atoms with E-state index in [-0.39, 0.29) is 11.3 Å². The molecule has 2 N–H and O–H groups in total. The Kier molecular flexibility index (Phi) is 5.42. The van der Waals surface area contributed by atoms with Crippen LogP contribution in [-0.2, 0) is 11.2 Å². The summed E-state index contributed by atoms with van der Waals surface area (Å²) < 4.78 is 0. The average Bonchev–Trinajstić information content (AvgIpc) is 3.13. The van der Waals surface area contributed by atoms with Gasteiger partial charge in [0.25, 0.3) is 5.91 Å². The number of carbonyl (C=O) groups is 1. The maximum Gasteiger partial charge on any atom is 0.255 e. The van der Waals surface area contributed by atoms with Crippen LogP contribution in [0.2, 0.25) is 0 Å². The molecule has 26 heavy (non-hydrogen) atoms. The minimum absolute atomic E-state index is 0.0903. The van der Waals surface area contributed by atoms with Crippen LogP contribution in [-0.4, -0.2) is 21.1 Å². The molecule has 0 aliphatic rings. The number of anilines is 1. The molecule has 3 aromatic rings. The van der Waals surface area contributed by atoms with Crippen LogP contribution in [0.15, 0.2) is 60.0 Å². The number of aromatic amines is 1. The zero-order chi connectivity index (χ0) is 18.6. The fraction of sp³-hybridized carbons (Fsp3) is 0.250. The van der Waals surface area contributed by atoms with Crippen molar-refractivity contribution in [3.8, 4) is 0 Å². The van der Waals surface area contributed by atoms with Gasteiger partial charge in [-0.25, -0.2) is 4.98 Å². The number of carbonyl (C=O) groups excluding carboxylic acids is 1. The molecule has 6 heteroatoms. The summed E-state index contributed by atoms with van der Waals surface area (Å²) in [6.07, 6.45) is 1.47. The molecule has 0 radical (unpaired) electrons. The lowest BCUT2D eigenvalue weighted by molar-refractivity contribution is 0.102. The van der Waals surface area contributed by atoms with E-state index >= 15 is 0 Å². The van der Waals surface area contributed by atoms with E-state index in [1.54, 1.807) is 0 Å². The van der Waals surface area contributed by atoms with Crippen molar-refractivity contribution < 1.29 is 4.79 Å². The van der Waals surface area contributed by atoms with E-state index in [9.17, 15) is 4.79 Å². The van der Waals surface area contributed by atoms with Crippen LogP contribution in [0, 0.1) is 0 Å². The molecule has 2 aromatic carbocycles. The molecular formula is C20H22N4OS. The SMILES string of the molecule is CC(C)(C)c1ccc(NC(=O)c2ccccc2CSc2ncn[nH]2)cc1. The Morgan fingerprint density at radius 2 is 1.85 bits per heavy atom. The molecule has 0 bridgehead atoms. The van der Waals surface area contributed by atoms with Crippen LogP contribution in [0.5, 0.6) is 0 Å². The molecule has 1 amide bonds. The third-order valence-corrected chi connectivity index (χ3v) is 4.95. The Morgan fingerprint density at radius 1 is 1.12 bits per heavy atom. The van der Waals surface area contributed by atoms with Gasteiger partial charge < -0.3 is 5.32 Å². The van der Waals surface area contributed by atoms with Crippen molar-refractivity contribution in [2.75, 3.05) is 5.32 Å². The molecule has 5 nitrogen and oxygen atoms in total. The summed E-state index contributed by atoms with van der Waals surface area (Å²) in [5.74, 6) is 0.532. The predicted octanol–water partition coefficient (Wildman–Crippen LogP) is 4.65. The van der Waals surface area contributed by atoms with Gasteiger partial charge in [-0.2, -0.15) is 5.10 Å². The molecule has 134 valence electrons. The topological polar surface area (TPSA) is 70.7 Å². The van der Waals surface area contributed by atoms with E-state index in [2.05, 4.69) is 53.4 Å². The van der Waals surface area contributed by atoms with Crippen molar-refractivity contribution in [2.45, 2.75) is 37.1 Å². The van der Waals surface area contributed by atoms with Crippen molar-refractivity contribution in [2.24, 2.45) is 0 Å². The van der Waals surface area contributed by atoms with Gasteiger partial charge in [0, 0.05) is 17.0 Å². The number of nitrogens with one attached hydrogen (secondary N) is 2. The molecular weight excluding hydrogens is 344 g/mol. The second kappa shape index (κ2) is 7.74. The zero-order valence-electron chi connectivity index (χ0n) is 15.1. The van der Waals surface area contributed by atoms with Gasteiger partial charge in [-0.15, -0.1) is 0 Å². The van der Waals surface area contributed by atoms with Gasteiger partial charge in [0.15, 0.2) is 5.16 Å². The highest BCUT2D eigenvalue weighted by Gasteiger charge is 2.15. The smallest absolute Gasteiger partial charge is 0.255 e. The lowest BCUT2D eigenvalue weighted by Gasteiger charge is -2.19. The van der Waals surface area contributed by atoms with Gasteiger partial charge in [-0.05, 0) is 34.7 Å². The first kappa shape index (κ1) is 18.2. The van der Waals surface area contributed by atoms with Crippen LogP contribution in [0.4, 0.5) is 5.69 Å². The summed E-state index contributed by atoms with van der Waals surface area (Å²) in [6.45, 7) is 6.51. The Morgan fingerprint density at radius 3 is 2.50 bits per heavy atom. The maximum atomic E-state index is 12.7. The van der Waals surface area contributed by atoms with Crippen molar-refractivity contribution in [3.05, 3.63) is 71.5 Å². The van der Waals surface area contributed by atoms with Crippen molar-refractivity contribution in [1.29, 1.82) is 0 Å². The number of aromatic nitrogens is 3. The zero-order valence-corrected chi connectivity index (χ0v) is 15.9. The van der Waals surface area contributed by atoms with Gasteiger partial charge in [0.05, 0.1) is 0 Å². The number of benzene rings is 2. The summed E-state index contributed by atoms with van der Waals surface area (Å²) >= 11 is 1.51. The first-order valence-electron chi connectivity index (χ1n) is 8.41. The highest BCUT2D eigenvalue weighted by molar-refractivity contribution is 7.98. The quantitative estimate of drug-likeness (QED) is 0.645. The molecule has 0 atom stereocenters. The van der Waals surface area contributed by atoms with Gasteiger partial charge in [-0.1, -0.05) is 62.9 Å². The number of hydrogen-bond donors (Lipinski definition) is 2. The molecule has 0 aliphatic heterocycles. The molecule has 0 fully saturated rings. The Bertz CT molecular complexity index is 868. The highest BCUT2D eigenvalue weighted by atomic mass is 32.2. The summed E-state index contributed by atoms with van der Waals surface area (Å²) in [4.78, 5) is 16.8. The summed E-state index contributed by atoms with van der Waals surface area (Å²) in [5.41, 5.74) is 3.74. The highest BCUT2D eigenvalue weighted by Crippen LogP contribution is 2.25. The van der Waals surface area contributed by atoms with E-state index in [0.717, 1.165) is 16.4 Å². The Labute approximate surface area is 157 Å². The standard InChI is InChI=1S/C20H22N4OS/c1-20(2,3)15-8-10-16(11-9-15)23-18(25)17-7-5-4-6-14(17)12-26-19-21-13-22-24-19/h4-11,13H,12H2,1-3H3,(H,23,25)(H,21,22,24). The first-order valence-corrected chi connectivity index (χ1v) is 9.40. The normalized spacial score (nSPS) is 11.3. The van der Waals surface area contributed by atoms with Crippen LogP contribution in [0.3, 0.4) is 0 Å². The summed E-state index contributed by atoms with van der Waals surface area (Å²) in [7, 11) is 0. The summed E-state index contributed by atoms with van der Waals surface area (Å²) in [6, 6.07) is 15.6. The van der Waals surface area contributed by atoms with Gasteiger partial charge in [0.2, 0.25) is 0 Å². The largest absolute Gasteiger partial charge is 0.322 e. The molecule has 0 unspecified atom stereocenters. The number of H-pyrrole nitrogens is 1. The van der Waals surface area contributed by atoms with E-state index in [1.807, 2.05) is 36.4 Å². The average molecular weight is 366 g/mol. The Balaban J connectivity index is 1.71. The number of nitrogens with zero attached hydrogens (tertiary/aromatic N) is 2. The van der Waals surface area contributed by atoms with E-state index in [0.29, 0.717) is 11.3 Å². The van der Waals surface area contributed by atoms with Gasteiger partial charge >= 0.3 is 0 Å². The van der Waals surface area contributed by atoms with Crippen LogP contribution in [0.25, 0.3) is 0 Å². The van der Waals surface area contributed by atoms with Crippen LogP contribution < -0.4 is 5.32 Å². The summed E-state index contributed by atoms with van der Waals surface area (Å²) in [5, 5.41) is 10.4. The number of thioether (sulfide) groups is 1. The monoisotopic (exact) mass is 366 g/mol.